The van der Waals surface area contributed by atoms with E-state index in [1.807, 2.05) is 6.07 Å². The molecule has 182 valence electrons. The summed E-state index contributed by atoms with van der Waals surface area (Å²) in [6.07, 6.45) is 11.8. The second-order valence-corrected chi connectivity index (χ2v) is 15.7. The minimum atomic E-state index is -1.86. The first-order chi connectivity index (χ1) is 15.0. The van der Waals surface area contributed by atoms with Crippen LogP contribution in [-0.2, 0) is 15.8 Å². The summed E-state index contributed by atoms with van der Waals surface area (Å²) in [6.45, 7) is 22.4. The third kappa shape index (κ3) is 10.6. The van der Waals surface area contributed by atoms with Crippen molar-refractivity contribution in [2.24, 2.45) is 11.8 Å². The van der Waals surface area contributed by atoms with Gasteiger partial charge in [-0.25, -0.2) is 0 Å². The van der Waals surface area contributed by atoms with Crippen LogP contribution in [0.15, 0.2) is 54.1 Å². The maximum Gasteiger partial charge on any atom is 0.192 e. The average Bonchev–Trinajstić information content (AvgIpc) is 2.71. The molecule has 3 atom stereocenters. The maximum absolute atomic E-state index is 6.94. The van der Waals surface area contributed by atoms with Crippen molar-refractivity contribution >= 4 is 8.32 Å². The molecule has 0 heterocycles. The van der Waals surface area contributed by atoms with Gasteiger partial charge in [-0.05, 0) is 61.4 Å². The molecular formula is C29H50O2Si. The molecule has 1 rings (SSSR count). The lowest BCUT2D eigenvalue weighted by atomic mass is 9.93. The molecule has 3 heteroatoms. The van der Waals surface area contributed by atoms with Crippen molar-refractivity contribution in [2.75, 3.05) is 6.61 Å². The number of allylic oxidation sites excluding steroid dienone is 2. The summed E-state index contributed by atoms with van der Waals surface area (Å²) in [5, 5.41) is 0.208. The zero-order valence-electron chi connectivity index (χ0n) is 22.4. The van der Waals surface area contributed by atoms with Gasteiger partial charge < -0.3 is 9.16 Å². The number of ether oxygens (including phenoxy) is 1. The molecule has 32 heavy (non-hydrogen) atoms. The zero-order chi connectivity index (χ0) is 24.2. The van der Waals surface area contributed by atoms with Gasteiger partial charge in [0.1, 0.15) is 0 Å². The summed E-state index contributed by atoms with van der Waals surface area (Å²) < 4.78 is 12.8. The third-order valence-corrected chi connectivity index (χ3v) is 11.1. The van der Waals surface area contributed by atoms with Crippen LogP contribution in [-0.4, -0.2) is 21.0 Å². The molecule has 0 radical (unpaired) electrons. The van der Waals surface area contributed by atoms with E-state index in [2.05, 4.69) is 104 Å². The minimum absolute atomic E-state index is 0.153. The molecule has 0 bridgehead atoms. The van der Waals surface area contributed by atoms with E-state index in [0.717, 1.165) is 19.4 Å². The van der Waals surface area contributed by atoms with E-state index < -0.39 is 8.32 Å². The first-order valence-corrected chi connectivity index (χ1v) is 15.5. The SMILES string of the molecule is CCC[C@@H](C)/C=C(\C)[C@H](O[Si](C)(C)C(C)(C)C)[C@H](C)/C=C/CCCOCc1ccccc1. The Kier molecular flexibility index (Phi) is 12.8. The van der Waals surface area contributed by atoms with Gasteiger partial charge in [0, 0.05) is 12.5 Å². The molecule has 0 aliphatic carbocycles. The van der Waals surface area contributed by atoms with Gasteiger partial charge in [0.25, 0.3) is 0 Å². The van der Waals surface area contributed by atoms with Crippen LogP contribution in [0.5, 0.6) is 0 Å². The fraction of sp³-hybridized carbons (Fsp3) is 0.655. The molecule has 0 aromatic heterocycles. The van der Waals surface area contributed by atoms with Crippen molar-refractivity contribution in [2.45, 2.75) is 105 Å². The van der Waals surface area contributed by atoms with E-state index >= 15 is 0 Å². The molecule has 0 saturated carbocycles. The molecular weight excluding hydrogens is 408 g/mol. The Labute approximate surface area is 200 Å². The molecule has 0 fully saturated rings. The van der Waals surface area contributed by atoms with Crippen molar-refractivity contribution in [1.82, 2.24) is 0 Å². The number of benzene rings is 1. The predicted molar refractivity (Wildman–Crippen MR) is 144 cm³/mol. The average molecular weight is 459 g/mol. The Morgan fingerprint density at radius 2 is 1.75 bits per heavy atom. The Hall–Kier alpha value is -1.16. The Morgan fingerprint density at radius 1 is 1.09 bits per heavy atom. The first-order valence-electron chi connectivity index (χ1n) is 12.6. The number of hydrogen-bond donors (Lipinski definition) is 0. The summed E-state index contributed by atoms with van der Waals surface area (Å²) in [6, 6.07) is 10.4. The van der Waals surface area contributed by atoms with E-state index in [0.29, 0.717) is 18.4 Å². The van der Waals surface area contributed by atoms with Crippen molar-refractivity contribution in [1.29, 1.82) is 0 Å². The topological polar surface area (TPSA) is 18.5 Å². The standard InChI is InChI=1S/C29H50O2Si/c1-10-17-24(2)22-26(4)28(31-32(8,9)29(5,6)7)25(3)18-13-12-16-21-30-23-27-19-14-11-15-20-27/h11,13-15,18-20,22,24-25,28H,10,12,16-17,21,23H2,1-9H3/b18-13+,26-22+/t24-,25-,28-/m1/s1. The smallest absolute Gasteiger partial charge is 0.192 e. The third-order valence-electron chi connectivity index (χ3n) is 6.66. The second-order valence-electron chi connectivity index (χ2n) is 10.9. The quantitative estimate of drug-likeness (QED) is 0.157. The molecule has 1 aromatic rings. The van der Waals surface area contributed by atoms with Crippen molar-refractivity contribution in [3.63, 3.8) is 0 Å². The Bertz CT molecular complexity index is 685. The fourth-order valence-electron chi connectivity index (χ4n) is 3.67. The van der Waals surface area contributed by atoms with E-state index in [1.54, 1.807) is 0 Å². The van der Waals surface area contributed by atoms with Crippen LogP contribution in [0.25, 0.3) is 0 Å². The summed E-state index contributed by atoms with van der Waals surface area (Å²) in [5.74, 6) is 0.961. The highest BCUT2D eigenvalue weighted by molar-refractivity contribution is 6.74. The lowest BCUT2D eigenvalue weighted by molar-refractivity contribution is 0.119. The maximum atomic E-state index is 6.94. The Balaban J connectivity index is 2.67. The molecule has 0 spiro atoms. The second kappa shape index (κ2) is 14.2. The van der Waals surface area contributed by atoms with E-state index in [4.69, 9.17) is 9.16 Å². The highest BCUT2D eigenvalue weighted by atomic mass is 28.4. The fourth-order valence-corrected chi connectivity index (χ4v) is 5.06. The van der Waals surface area contributed by atoms with E-state index in [9.17, 15) is 0 Å². The molecule has 0 amide bonds. The summed E-state index contributed by atoms with van der Waals surface area (Å²) in [5.41, 5.74) is 2.63. The highest BCUT2D eigenvalue weighted by Crippen LogP contribution is 2.39. The number of hydrogen-bond acceptors (Lipinski definition) is 2. The summed E-state index contributed by atoms with van der Waals surface area (Å²) >= 11 is 0. The van der Waals surface area contributed by atoms with Gasteiger partial charge in [-0.2, -0.15) is 0 Å². The van der Waals surface area contributed by atoms with E-state index in [-0.39, 0.29) is 11.1 Å². The van der Waals surface area contributed by atoms with Crippen LogP contribution in [0.1, 0.15) is 79.7 Å². The molecule has 0 saturated heterocycles. The lowest BCUT2D eigenvalue weighted by Crippen LogP contribution is -2.45. The minimum Gasteiger partial charge on any atom is -0.410 e. The predicted octanol–water partition coefficient (Wildman–Crippen LogP) is 8.95. The number of unbranched alkanes of at least 4 members (excludes halogenated alkanes) is 1. The van der Waals surface area contributed by atoms with Crippen molar-refractivity contribution in [3.05, 3.63) is 59.7 Å². The van der Waals surface area contributed by atoms with Crippen molar-refractivity contribution in [3.8, 4) is 0 Å². The van der Waals surface area contributed by atoms with Crippen LogP contribution in [0.2, 0.25) is 18.1 Å². The molecule has 0 unspecified atom stereocenters. The van der Waals surface area contributed by atoms with Crippen LogP contribution in [0, 0.1) is 11.8 Å². The van der Waals surface area contributed by atoms with Gasteiger partial charge in [0.2, 0.25) is 0 Å². The van der Waals surface area contributed by atoms with Gasteiger partial charge in [-0.1, -0.05) is 96.5 Å². The zero-order valence-corrected chi connectivity index (χ0v) is 23.4. The van der Waals surface area contributed by atoms with Crippen molar-refractivity contribution < 1.29 is 9.16 Å². The van der Waals surface area contributed by atoms with Crippen LogP contribution < -0.4 is 0 Å². The number of rotatable bonds is 14. The van der Waals surface area contributed by atoms with E-state index in [1.165, 1.54) is 24.0 Å². The largest absolute Gasteiger partial charge is 0.410 e. The summed E-state index contributed by atoms with van der Waals surface area (Å²) in [4.78, 5) is 0. The molecule has 0 aliphatic rings. The molecule has 1 aromatic carbocycles. The lowest BCUT2D eigenvalue weighted by Gasteiger charge is -2.41. The first kappa shape index (κ1) is 28.9. The van der Waals surface area contributed by atoms with Gasteiger partial charge in [-0.15, -0.1) is 0 Å². The van der Waals surface area contributed by atoms with Crippen LogP contribution in [0.4, 0.5) is 0 Å². The monoisotopic (exact) mass is 458 g/mol. The van der Waals surface area contributed by atoms with Crippen LogP contribution >= 0.6 is 0 Å². The Morgan fingerprint density at radius 3 is 2.34 bits per heavy atom. The van der Waals surface area contributed by atoms with Gasteiger partial charge in [-0.3, -0.25) is 0 Å². The van der Waals surface area contributed by atoms with Gasteiger partial charge >= 0.3 is 0 Å². The highest BCUT2D eigenvalue weighted by Gasteiger charge is 2.40. The summed E-state index contributed by atoms with van der Waals surface area (Å²) in [7, 11) is -1.86. The molecule has 0 N–H and O–H groups in total. The molecule has 2 nitrogen and oxygen atoms in total. The van der Waals surface area contributed by atoms with Gasteiger partial charge in [0.05, 0.1) is 12.7 Å². The normalized spacial score (nSPS) is 16.3. The van der Waals surface area contributed by atoms with Gasteiger partial charge in [0.15, 0.2) is 8.32 Å². The van der Waals surface area contributed by atoms with Crippen LogP contribution in [0.3, 0.4) is 0 Å². The molecule has 0 aliphatic heterocycles.